The molecule has 0 fully saturated rings. The summed E-state index contributed by atoms with van der Waals surface area (Å²) < 4.78 is 0. The molecule has 5 nitrogen and oxygen atoms in total. The normalized spacial score (nSPS) is 10.6. The number of nitrogens with zero attached hydrogens (tertiary/aromatic N) is 3. The lowest BCUT2D eigenvalue weighted by Crippen LogP contribution is -2.01. The second kappa shape index (κ2) is 4.21. The summed E-state index contributed by atoms with van der Waals surface area (Å²) in [5.74, 6) is 0.512. The van der Waals surface area contributed by atoms with Crippen LogP contribution in [-0.4, -0.2) is 20.6 Å². The third-order valence-electron chi connectivity index (χ3n) is 2.66. The van der Waals surface area contributed by atoms with E-state index in [9.17, 15) is 0 Å². The fraction of sp³-hybridized carbons (Fsp3) is 0.0833. The second-order valence-electron chi connectivity index (χ2n) is 3.73. The average Bonchev–Trinajstić information content (AvgIpc) is 2.89. The molecule has 5 heteroatoms. The molecule has 0 aliphatic heterocycles. The van der Waals surface area contributed by atoms with Crippen LogP contribution in [0, 0.1) is 0 Å². The molecule has 17 heavy (non-hydrogen) atoms. The van der Waals surface area contributed by atoms with Crippen LogP contribution in [-0.2, 0) is 6.54 Å². The third-order valence-corrected chi connectivity index (χ3v) is 2.66. The Kier molecular flexibility index (Phi) is 2.42. The van der Waals surface area contributed by atoms with Gasteiger partial charge in [-0.2, -0.15) is 5.21 Å². The van der Waals surface area contributed by atoms with Gasteiger partial charge in [-0.3, -0.25) is 0 Å². The molecule has 84 valence electrons. The van der Waals surface area contributed by atoms with Crippen LogP contribution in [0.15, 0.2) is 42.5 Å². The molecule has 0 atom stereocenters. The van der Waals surface area contributed by atoms with Crippen molar-refractivity contribution in [2.45, 2.75) is 6.54 Å². The van der Waals surface area contributed by atoms with E-state index in [1.165, 1.54) is 16.3 Å². The monoisotopic (exact) mass is 225 g/mol. The minimum atomic E-state index is 0.512. The van der Waals surface area contributed by atoms with Crippen molar-refractivity contribution in [3.8, 4) is 0 Å². The van der Waals surface area contributed by atoms with E-state index >= 15 is 0 Å². The predicted octanol–water partition coefficient (Wildman–Crippen LogP) is 1.96. The van der Waals surface area contributed by atoms with Gasteiger partial charge in [0.05, 0.1) is 0 Å². The lowest BCUT2D eigenvalue weighted by molar-refractivity contribution is 0.881. The van der Waals surface area contributed by atoms with Crippen molar-refractivity contribution in [3.63, 3.8) is 0 Å². The molecule has 0 amide bonds. The minimum Gasteiger partial charge on any atom is -0.347 e. The first-order valence-corrected chi connectivity index (χ1v) is 5.37. The number of nitrogens with one attached hydrogen (secondary N) is 2. The van der Waals surface area contributed by atoms with Gasteiger partial charge in [0.25, 0.3) is 5.95 Å². The molecule has 1 heterocycles. The van der Waals surface area contributed by atoms with E-state index < -0.39 is 0 Å². The minimum absolute atomic E-state index is 0.512. The fourth-order valence-corrected chi connectivity index (χ4v) is 1.86. The van der Waals surface area contributed by atoms with E-state index in [1.54, 1.807) is 0 Å². The SMILES string of the molecule is c1ccc2c(CNc3nn[nH]n3)cccc2c1. The maximum Gasteiger partial charge on any atom is 0.263 e. The van der Waals surface area contributed by atoms with Crippen molar-refractivity contribution >= 4 is 16.7 Å². The molecule has 0 saturated heterocycles. The first kappa shape index (κ1) is 9.77. The Bertz CT molecular complexity index is 612. The molecule has 0 aliphatic rings. The number of aromatic nitrogens is 4. The zero-order chi connectivity index (χ0) is 11.5. The molecule has 0 saturated carbocycles. The van der Waals surface area contributed by atoms with E-state index in [0.717, 1.165) is 0 Å². The van der Waals surface area contributed by atoms with Crippen molar-refractivity contribution in [2.75, 3.05) is 5.32 Å². The lowest BCUT2D eigenvalue weighted by Gasteiger charge is -2.06. The molecule has 0 radical (unpaired) electrons. The van der Waals surface area contributed by atoms with Crippen LogP contribution in [0.1, 0.15) is 5.56 Å². The number of H-pyrrole nitrogens is 1. The summed E-state index contributed by atoms with van der Waals surface area (Å²) >= 11 is 0. The van der Waals surface area contributed by atoms with Gasteiger partial charge in [0.1, 0.15) is 0 Å². The Morgan fingerprint density at radius 1 is 1.06 bits per heavy atom. The number of aromatic amines is 1. The van der Waals surface area contributed by atoms with E-state index in [1.807, 2.05) is 12.1 Å². The van der Waals surface area contributed by atoms with Gasteiger partial charge in [0, 0.05) is 6.54 Å². The Labute approximate surface area is 97.9 Å². The second-order valence-corrected chi connectivity index (χ2v) is 3.73. The summed E-state index contributed by atoms with van der Waals surface area (Å²) in [5.41, 5.74) is 1.22. The van der Waals surface area contributed by atoms with Crippen molar-refractivity contribution in [1.82, 2.24) is 20.6 Å². The number of rotatable bonds is 3. The number of tetrazole rings is 1. The molecule has 0 bridgehead atoms. The fourth-order valence-electron chi connectivity index (χ4n) is 1.86. The predicted molar refractivity (Wildman–Crippen MR) is 65.5 cm³/mol. The highest BCUT2D eigenvalue weighted by molar-refractivity contribution is 5.85. The maximum atomic E-state index is 3.85. The van der Waals surface area contributed by atoms with Crippen molar-refractivity contribution in [3.05, 3.63) is 48.0 Å². The molecule has 3 aromatic rings. The Morgan fingerprint density at radius 3 is 2.82 bits per heavy atom. The van der Waals surface area contributed by atoms with Crippen molar-refractivity contribution in [2.24, 2.45) is 0 Å². The first-order valence-electron chi connectivity index (χ1n) is 5.37. The Morgan fingerprint density at radius 2 is 1.94 bits per heavy atom. The largest absolute Gasteiger partial charge is 0.347 e. The highest BCUT2D eigenvalue weighted by Gasteiger charge is 2.01. The summed E-state index contributed by atoms with van der Waals surface area (Å²) in [5, 5.41) is 19.2. The standard InChI is InChI=1S/C12H11N5/c1-2-7-11-9(4-1)5-3-6-10(11)8-13-12-14-16-17-15-12/h1-7H,8H2,(H2,13,14,15,16,17). The van der Waals surface area contributed by atoms with Gasteiger partial charge in [0.15, 0.2) is 0 Å². The quantitative estimate of drug-likeness (QED) is 0.715. The van der Waals surface area contributed by atoms with Crippen LogP contribution in [0.25, 0.3) is 10.8 Å². The molecular formula is C12H11N5. The third kappa shape index (κ3) is 1.94. The Hall–Kier alpha value is -2.43. The van der Waals surface area contributed by atoms with Gasteiger partial charge in [-0.25, -0.2) is 0 Å². The van der Waals surface area contributed by atoms with E-state index in [4.69, 9.17) is 0 Å². The van der Waals surface area contributed by atoms with E-state index in [-0.39, 0.29) is 0 Å². The van der Waals surface area contributed by atoms with E-state index in [0.29, 0.717) is 12.5 Å². The number of hydrogen-bond acceptors (Lipinski definition) is 4. The summed E-state index contributed by atoms with van der Waals surface area (Å²) in [6.45, 7) is 0.681. The summed E-state index contributed by atoms with van der Waals surface area (Å²) in [6.07, 6.45) is 0. The summed E-state index contributed by atoms with van der Waals surface area (Å²) in [6, 6.07) is 14.5. The Balaban J connectivity index is 1.90. The molecule has 2 N–H and O–H groups in total. The summed E-state index contributed by atoms with van der Waals surface area (Å²) in [4.78, 5) is 0. The van der Waals surface area contributed by atoms with Crippen LogP contribution in [0.3, 0.4) is 0 Å². The summed E-state index contributed by atoms with van der Waals surface area (Å²) in [7, 11) is 0. The van der Waals surface area contributed by atoms with E-state index in [2.05, 4.69) is 56.3 Å². The molecule has 2 aromatic carbocycles. The topological polar surface area (TPSA) is 66.5 Å². The highest BCUT2D eigenvalue weighted by Crippen LogP contribution is 2.18. The average molecular weight is 225 g/mol. The van der Waals surface area contributed by atoms with Crippen molar-refractivity contribution < 1.29 is 0 Å². The molecule has 3 rings (SSSR count). The van der Waals surface area contributed by atoms with Gasteiger partial charge >= 0.3 is 0 Å². The van der Waals surface area contributed by atoms with Crippen LogP contribution < -0.4 is 5.32 Å². The zero-order valence-corrected chi connectivity index (χ0v) is 9.09. The zero-order valence-electron chi connectivity index (χ0n) is 9.09. The maximum absolute atomic E-state index is 3.85. The number of fused-ring (bicyclic) bond motifs is 1. The van der Waals surface area contributed by atoms with Gasteiger partial charge in [0.2, 0.25) is 0 Å². The van der Waals surface area contributed by atoms with Crippen LogP contribution in [0.5, 0.6) is 0 Å². The van der Waals surface area contributed by atoms with Gasteiger partial charge in [-0.15, -0.1) is 5.10 Å². The molecule has 0 unspecified atom stereocenters. The van der Waals surface area contributed by atoms with Crippen molar-refractivity contribution in [1.29, 1.82) is 0 Å². The number of benzene rings is 2. The molecule has 0 spiro atoms. The molecular weight excluding hydrogens is 214 g/mol. The van der Waals surface area contributed by atoms with Gasteiger partial charge in [-0.1, -0.05) is 47.6 Å². The lowest BCUT2D eigenvalue weighted by atomic mass is 10.0. The molecule has 0 aliphatic carbocycles. The smallest absolute Gasteiger partial charge is 0.263 e. The highest BCUT2D eigenvalue weighted by atomic mass is 15.5. The van der Waals surface area contributed by atoms with Gasteiger partial charge in [-0.05, 0) is 21.5 Å². The van der Waals surface area contributed by atoms with Crippen LogP contribution in [0.2, 0.25) is 0 Å². The van der Waals surface area contributed by atoms with Gasteiger partial charge < -0.3 is 5.32 Å². The van der Waals surface area contributed by atoms with Crippen LogP contribution >= 0.6 is 0 Å². The number of anilines is 1. The molecule has 1 aromatic heterocycles. The first-order chi connectivity index (χ1) is 8.43. The van der Waals surface area contributed by atoms with Crippen LogP contribution in [0.4, 0.5) is 5.95 Å². The number of hydrogen-bond donors (Lipinski definition) is 2.